The Morgan fingerprint density at radius 1 is 1.32 bits per heavy atom. The molecule has 0 spiro atoms. The fourth-order valence-corrected chi connectivity index (χ4v) is 4.13. The van der Waals surface area contributed by atoms with Crippen LogP contribution in [0.4, 0.5) is 0 Å². The number of hydrogen-bond donors (Lipinski definition) is 1. The van der Waals surface area contributed by atoms with Crippen molar-refractivity contribution in [2.24, 2.45) is 0 Å². The molecule has 1 amide bonds. The van der Waals surface area contributed by atoms with Crippen LogP contribution in [0.15, 0.2) is 42.0 Å². The highest BCUT2D eigenvalue weighted by molar-refractivity contribution is 7.09. The zero-order chi connectivity index (χ0) is 17.2. The molecule has 4 rings (SSSR count). The van der Waals surface area contributed by atoms with Crippen molar-refractivity contribution in [3.8, 4) is 0 Å². The first-order valence-electron chi connectivity index (χ1n) is 8.68. The molecule has 1 saturated heterocycles. The lowest BCUT2D eigenvalue weighted by Gasteiger charge is -2.32. The molecule has 0 aliphatic carbocycles. The third-order valence-electron chi connectivity index (χ3n) is 4.79. The monoisotopic (exact) mass is 354 g/mol. The average Bonchev–Trinajstić information content (AvgIpc) is 3.25. The first-order chi connectivity index (χ1) is 12.2. The molecule has 1 fully saturated rings. The van der Waals surface area contributed by atoms with Crippen LogP contribution in [-0.2, 0) is 6.54 Å². The van der Waals surface area contributed by atoms with Crippen molar-refractivity contribution >= 4 is 22.8 Å². The van der Waals surface area contributed by atoms with Gasteiger partial charge in [0.1, 0.15) is 0 Å². The standard InChI is InChI=1S/C19H22N4OS/c1-14-4-5-18-17(11-20-23(18)12-14)19(24)21-15-6-8-22(9-7-15)13-16-3-2-10-25-16/h2-5,10-12,15H,6-9,13H2,1H3,(H,21,24). The summed E-state index contributed by atoms with van der Waals surface area (Å²) in [5.41, 5.74) is 2.64. The first-order valence-corrected chi connectivity index (χ1v) is 9.56. The number of carbonyl (C=O) groups is 1. The fraction of sp³-hybridized carbons (Fsp3) is 0.368. The van der Waals surface area contributed by atoms with Crippen molar-refractivity contribution in [3.05, 3.63) is 58.0 Å². The number of likely N-dealkylation sites (tertiary alicyclic amines) is 1. The number of aryl methyl sites for hydroxylation is 1. The van der Waals surface area contributed by atoms with Crippen molar-refractivity contribution in [3.63, 3.8) is 0 Å². The van der Waals surface area contributed by atoms with Gasteiger partial charge >= 0.3 is 0 Å². The van der Waals surface area contributed by atoms with Crippen LogP contribution in [-0.4, -0.2) is 39.6 Å². The Labute approximate surface area is 151 Å². The molecule has 0 saturated carbocycles. The minimum atomic E-state index is -0.0180. The van der Waals surface area contributed by atoms with E-state index in [1.807, 2.05) is 36.6 Å². The Balaban J connectivity index is 1.35. The van der Waals surface area contributed by atoms with Crippen LogP contribution >= 0.6 is 11.3 Å². The lowest BCUT2D eigenvalue weighted by atomic mass is 10.0. The van der Waals surface area contributed by atoms with E-state index in [4.69, 9.17) is 0 Å². The SMILES string of the molecule is Cc1ccc2c(C(=O)NC3CCN(Cc4cccs4)CC3)cnn2c1. The number of pyridine rings is 1. The molecule has 5 nitrogen and oxygen atoms in total. The van der Waals surface area contributed by atoms with Crippen molar-refractivity contribution in [1.82, 2.24) is 19.8 Å². The molecule has 0 radical (unpaired) electrons. The number of carbonyl (C=O) groups excluding carboxylic acids is 1. The lowest BCUT2D eigenvalue weighted by Crippen LogP contribution is -2.44. The van der Waals surface area contributed by atoms with Crippen LogP contribution < -0.4 is 5.32 Å². The van der Waals surface area contributed by atoms with Crippen molar-refractivity contribution < 1.29 is 4.79 Å². The molecule has 0 unspecified atom stereocenters. The highest BCUT2D eigenvalue weighted by Gasteiger charge is 2.22. The molecule has 1 aliphatic rings. The van der Waals surface area contributed by atoms with E-state index in [0.717, 1.165) is 43.6 Å². The predicted octanol–water partition coefficient (Wildman–Crippen LogP) is 3.10. The topological polar surface area (TPSA) is 49.6 Å². The van der Waals surface area contributed by atoms with Gasteiger partial charge in [-0.05, 0) is 42.8 Å². The zero-order valence-electron chi connectivity index (χ0n) is 14.3. The van der Waals surface area contributed by atoms with E-state index >= 15 is 0 Å². The largest absolute Gasteiger partial charge is 0.349 e. The van der Waals surface area contributed by atoms with E-state index < -0.39 is 0 Å². The minimum Gasteiger partial charge on any atom is -0.349 e. The Hall–Kier alpha value is -2.18. The first kappa shape index (κ1) is 16.3. The van der Waals surface area contributed by atoms with Crippen molar-refractivity contribution in [1.29, 1.82) is 0 Å². The molecule has 130 valence electrons. The van der Waals surface area contributed by atoms with Crippen LogP contribution in [0, 0.1) is 6.92 Å². The van der Waals surface area contributed by atoms with E-state index in [0.29, 0.717) is 5.56 Å². The van der Waals surface area contributed by atoms with Gasteiger partial charge in [0.15, 0.2) is 0 Å². The van der Waals surface area contributed by atoms with Crippen LogP contribution in [0.25, 0.3) is 5.52 Å². The van der Waals surface area contributed by atoms with Gasteiger partial charge in [-0.2, -0.15) is 5.10 Å². The maximum Gasteiger partial charge on any atom is 0.255 e. The minimum absolute atomic E-state index is 0.0180. The number of piperidine rings is 1. The second kappa shape index (κ2) is 6.98. The predicted molar refractivity (Wildman–Crippen MR) is 100 cm³/mol. The smallest absolute Gasteiger partial charge is 0.255 e. The molecule has 0 bridgehead atoms. The summed E-state index contributed by atoms with van der Waals surface area (Å²) >= 11 is 1.81. The Morgan fingerprint density at radius 3 is 2.92 bits per heavy atom. The molecule has 4 heterocycles. The van der Waals surface area contributed by atoms with Crippen LogP contribution in [0.3, 0.4) is 0 Å². The molecule has 3 aromatic heterocycles. The third-order valence-corrected chi connectivity index (χ3v) is 5.65. The maximum absolute atomic E-state index is 12.6. The number of nitrogens with zero attached hydrogens (tertiary/aromatic N) is 3. The summed E-state index contributed by atoms with van der Waals surface area (Å²) in [4.78, 5) is 16.5. The number of amides is 1. The Morgan fingerprint density at radius 2 is 2.16 bits per heavy atom. The Bertz CT molecular complexity index is 863. The number of thiophene rings is 1. The summed E-state index contributed by atoms with van der Waals surface area (Å²) in [6, 6.07) is 8.50. The van der Waals surface area contributed by atoms with Crippen LogP contribution in [0.2, 0.25) is 0 Å². The van der Waals surface area contributed by atoms with E-state index in [9.17, 15) is 4.79 Å². The number of aromatic nitrogens is 2. The highest BCUT2D eigenvalue weighted by Crippen LogP contribution is 2.18. The Kier molecular flexibility index (Phi) is 4.55. The summed E-state index contributed by atoms with van der Waals surface area (Å²) in [6.07, 6.45) is 5.59. The second-order valence-electron chi connectivity index (χ2n) is 6.70. The maximum atomic E-state index is 12.6. The van der Waals surface area contributed by atoms with Gasteiger partial charge in [-0.25, -0.2) is 4.52 Å². The van der Waals surface area contributed by atoms with Crippen molar-refractivity contribution in [2.75, 3.05) is 13.1 Å². The van der Waals surface area contributed by atoms with Gasteiger partial charge in [-0.1, -0.05) is 12.1 Å². The highest BCUT2D eigenvalue weighted by atomic mass is 32.1. The number of nitrogens with one attached hydrogen (secondary N) is 1. The van der Waals surface area contributed by atoms with Crippen molar-refractivity contribution in [2.45, 2.75) is 32.4 Å². The number of rotatable bonds is 4. The molecule has 0 aromatic carbocycles. The number of hydrogen-bond acceptors (Lipinski definition) is 4. The third kappa shape index (κ3) is 3.60. The van der Waals surface area contributed by atoms with Crippen LogP contribution in [0.5, 0.6) is 0 Å². The normalized spacial score (nSPS) is 16.4. The van der Waals surface area contributed by atoms with E-state index in [1.165, 1.54) is 4.88 Å². The number of fused-ring (bicyclic) bond motifs is 1. The van der Waals surface area contributed by atoms with E-state index in [2.05, 4.69) is 32.8 Å². The molecular weight excluding hydrogens is 332 g/mol. The van der Waals surface area contributed by atoms with E-state index in [1.54, 1.807) is 10.7 Å². The zero-order valence-corrected chi connectivity index (χ0v) is 15.1. The molecule has 1 N–H and O–H groups in total. The molecule has 0 atom stereocenters. The summed E-state index contributed by atoms with van der Waals surface area (Å²) in [7, 11) is 0. The van der Waals surface area contributed by atoms with Gasteiger partial charge in [-0.3, -0.25) is 9.69 Å². The summed E-state index contributed by atoms with van der Waals surface area (Å²) in [5.74, 6) is -0.0180. The van der Waals surface area contributed by atoms with Gasteiger partial charge in [0.2, 0.25) is 0 Å². The van der Waals surface area contributed by atoms with Crippen LogP contribution in [0.1, 0.15) is 33.6 Å². The quantitative estimate of drug-likeness (QED) is 0.783. The van der Waals surface area contributed by atoms with Gasteiger partial charge in [0.25, 0.3) is 5.91 Å². The van der Waals surface area contributed by atoms with Gasteiger partial charge in [0, 0.05) is 36.8 Å². The fourth-order valence-electron chi connectivity index (χ4n) is 3.38. The molecule has 25 heavy (non-hydrogen) atoms. The van der Waals surface area contributed by atoms with Gasteiger partial charge in [0.05, 0.1) is 17.3 Å². The lowest BCUT2D eigenvalue weighted by molar-refractivity contribution is 0.0911. The summed E-state index contributed by atoms with van der Waals surface area (Å²) in [5, 5.41) is 9.61. The van der Waals surface area contributed by atoms with E-state index in [-0.39, 0.29) is 11.9 Å². The molecule has 6 heteroatoms. The molecule has 1 aliphatic heterocycles. The summed E-state index contributed by atoms with van der Waals surface area (Å²) < 4.78 is 1.77. The van der Waals surface area contributed by atoms with Gasteiger partial charge in [-0.15, -0.1) is 11.3 Å². The molecule has 3 aromatic rings. The van der Waals surface area contributed by atoms with Gasteiger partial charge < -0.3 is 5.32 Å². The molecular formula is C19H22N4OS. The summed E-state index contributed by atoms with van der Waals surface area (Å²) in [6.45, 7) is 5.09. The average molecular weight is 354 g/mol. The second-order valence-corrected chi connectivity index (χ2v) is 7.73.